The zero-order chi connectivity index (χ0) is 13.7. The monoisotopic (exact) mass is 258 g/mol. The van der Waals surface area contributed by atoms with Crippen LogP contribution in [0.2, 0.25) is 0 Å². The molecular formula is C15H18N2O2. The molecule has 0 amide bonds. The number of rotatable bonds is 5. The Balaban J connectivity index is 2.06. The fraction of sp³-hybridized carbons (Fsp3) is 0.267. The molecule has 0 spiro atoms. The lowest BCUT2D eigenvalue weighted by molar-refractivity contribution is 0.185. The first-order chi connectivity index (χ1) is 9.20. The van der Waals surface area contributed by atoms with Gasteiger partial charge in [-0.25, -0.2) is 0 Å². The zero-order valence-electron chi connectivity index (χ0n) is 10.9. The molecule has 2 aromatic rings. The quantitative estimate of drug-likeness (QED) is 0.857. The number of aliphatic hydroxyl groups is 2. The number of hydrogen-bond acceptors (Lipinski definition) is 4. The van der Waals surface area contributed by atoms with E-state index >= 15 is 0 Å². The number of benzene rings is 1. The van der Waals surface area contributed by atoms with Crippen molar-refractivity contribution >= 4 is 5.69 Å². The van der Waals surface area contributed by atoms with Gasteiger partial charge < -0.3 is 15.1 Å². The molecule has 0 fully saturated rings. The third-order valence-corrected chi connectivity index (χ3v) is 3.03. The van der Waals surface area contributed by atoms with Crippen LogP contribution in [-0.2, 0) is 6.61 Å². The number of pyridine rings is 1. The topological polar surface area (TPSA) is 56.6 Å². The van der Waals surface area contributed by atoms with E-state index in [1.54, 1.807) is 6.20 Å². The Bertz CT molecular complexity index is 517. The summed E-state index contributed by atoms with van der Waals surface area (Å²) in [4.78, 5) is 5.98. The predicted octanol–water partition coefficient (Wildman–Crippen LogP) is 1.74. The van der Waals surface area contributed by atoms with Gasteiger partial charge in [-0.3, -0.25) is 4.98 Å². The highest BCUT2D eigenvalue weighted by Crippen LogP contribution is 2.18. The maximum Gasteiger partial charge on any atom is 0.0964 e. The fourth-order valence-corrected chi connectivity index (χ4v) is 1.93. The van der Waals surface area contributed by atoms with E-state index in [2.05, 4.69) is 4.98 Å². The maximum absolute atomic E-state index is 10.2. The van der Waals surface area contributed by atoms with Gasteiger partial charge in [-0.15, -0.1) is 0 Å². The van der Waals surface area contributed by atoms with E-state index in [0.29, 0.717) is 12.2 Å². The van der Waals surface area contributed by atoms with Crippen molar-refractivity contribution in [2.24, 2.45) is 0 Å². The van der Waals surface area contributed by atoms with Gasteiger partial charge in [-0.2, -0.15) is 0 Å². The van der Waals surface area contributed by atoms with Crippen molar-refractivity contribution in [1.29, 1.82) is 0 Å². The first-order valence-electron chi connectivity index (χ1n) is 6.20. The normalized spacial score (nSPS) is 12.2. The zero-order valence-corrected chi connectivity index (χ0v) is 10.9. The van der Waals surface area contributed by atoms with E-state index in [-0.39, 0.29) is 6.61 Å². The summed E-state index contributed by atoms with van der Waals surface area (Å²) in [7, 11) is 1.91. The van der Waals surface area contributed by atoms with Gasteiger partial charge in [0.1, 0.15) is 0 Å². The summed E-state index contributed by atoms with van der Waals surface area (Å²) in [5.41, 5.74) is 2.44. The molecule has 0 unspecified atom stereocenters. The summed E-state index contributed by atoms with van der Waals surface area (Å²) >= 11 is 0. The van der Waals surface area contributed by atoms with Crippen LogP contribution in [0.5, 0.6) is 0 Å². The summed E-state index contributed by atoms with van der Waals surface area (Å²) in [6.07, 6.45) is 1.11. The Morgan fingerprint density at radius 1 is 1.21 bits per heavy atom. The molecule has 2 rings (SSSR count). The van der Waals surface area contributed by atoms with Crippen molar-refractivity contribution in [3.05, 3.63) is 59.9 Å². The van der Waals surface area contributed by atoms with Crippen LogP contribution in [0.4, 0.5) is 5.69 Å². The van der Waals surface area contributed by atoms with Gasteiger partial charge in [-0.1, -0.05) is 30.3 Å². The average molecular weight is 258 g/mol. The van der Waals surface area contributed by atoms with Crippen LogP contribution in [0.1, 0.15) is 17.4 Å². The molecule has 0 saturated carbocycles. The second kappa shape index (κ2) is 6.31. The molecular weight excluding hydrogens is 240 g/mol. The third kappa shape index (κ3) is 3.53. The molecule has 0 saturated heterocycles. The molecule has 1 aromatic carbocycles. The Morgan fingerprint density at radius 2 is 1.95 bits per heavy atom. The highest BCUT2D eigenvalue weighted by Gasteiger charge is 2.11. The van der Waals surface area contributed by atoms with E-state index < -0.39 is 6.10 Å². The van der Waals surface area contributed by atoms with Gasteiger partial charge in [0, 0.05) is 25.5 Å². The van der Waals surface area contributed by atoms with Crippen LogP contribution in [0.15, 0.2) is 48.7 Å². The fourth-order valence-electron chi connectivity index (χ4n) is 1.93. The highest BCUT2D eigenvalue weighted by molar-refractivity contribution is 5.46. The lowest BCUT2D eigenvalue weighted by Gasteiger charge is -2.23. The van der Waals surface area contributed by atoms with E-state index in [0.717, 1.165) is 11.3 Å². The summed E-state index contributed by atoms with van der Waals surface area (Å²) in [6.45, 7) is 0.405. The molecule has 0 radical (unpaired) electrons. The molecule has 19 heavy (non-hydrogen) atoms. The van der Waals surface area contributed by atoms with Crippen LogP contribution < -0.4 is 4.90 Å². The molecule has 100 valence electrons. The number of aromatic nitrogens is 1. The molecule has 0 aliphatic heterocycles. The number of likely N-dealkylation sites (N-methyl/N-ethyl adjacent to an activating group) is 1. The standard InChI is InChI=1S/C15H18N2O2/c1-17(14-7-8-16-13(9-14)11-18)10-15(19)12-5-3-2-4-6-12/h2-9,15,18-19H,10-11H2,1H3/t15-/m0/s1. The first kappa shape index (κ1) is 13.5. The van der Waals surface area contributed by atoms with E-state index in [1.807, 2.05) is 54.4 Å². The highest BCUT2D eigenvalue weighted by atomic mass is 16.3. The van der Waals surface area contributed by atoms with Crippen molar-refractivity contribution in [2.75, 3.05) is 18.5 Å². The van der Waals surface area contributed by atoms with Gasteiger partial charge in [-0.05, 0) is 17.7 Å². The van der Waals surface area contributed by atoms with Crippen LogP contribution >= 0.6 is 0 Å². The summed E-state index contributed by atoms with van der Waals surface area (Å²) in [5.74, 6) is 0. The molecule has 1 heterocycles. The maximum atomic E-state index is 10.2. The Morgan fingerprint density at radius 3 is 2.63 bits per heavy atom. The van der Waals surface area contributed by atoms with Crippen molar-refractivity contribution in [1.82, 2.24) is 4.98 Å². The number of nitrogens with zero attached hydrogens (tertiary/aromatic N) is 2. The minimum absolute atomic E-state index is 0.0804. The number of anilines is 1. The van der Waals surface area contributed by atoms with E-state index in [4.69, 9.17) is 5.11 Å². The average Bonchev–Trinajstić information content (AvgIpc) is 2.48. The Hall–Kier alpha value is -1.91. The second-order valence-corrected chi connectivity index (χ2v) is 4.47. The minimum atomic E-state index is -0.544. The van der Waals surface area contributed by atoms with Gasteiger partial charge in [0.25, 0.3) is 0 Å². The van der Waals surface area contributed by atoms with Crippen molar-refractivity contribution in [3.8, 4) is 0 Å². The van der Waals surface area contributed by atoms with Crippen molar-refractivity contribution in [3.63, 3.8) is 0 Å². The first-order valence-corrected chi connectivity index (χ1v) is 6.20. The number of hydrogen-bond donors (Lipinski definition) is 2. The largest absolute Gasteiger partial charge is 0.390 e. The smallest absolute Gasteiger partial charge is 0.0964 e. The lowest BCUT2D eigenvalue weighted by atomic mass is 10.1. The Kier molecular flexibility index (Phi) is 4.49. The van der Waals surface area contributed by atoms with E-state index in [9.17, 15) is 5.11 Å². The second-order valence-electron chi connectivity index (χ2n) is 4.47. The van der Waals surface area contributed by atoms with Crippen molar-refractivity contribution in [2.45, 2.75) is 12.7 Å². The predicted molar refractivity (Wildman–Crippen MR) is 74.8 cm³/mol. The summed E-state index contributed by atoms with van der Waals surface area (Å²) in [6, 6.07) is 13.2. The van der Waals surface area contributed by atoms with Crippen LogP contribution in [0.3, 0.4) is 0 Å². The summed E-state index contributed by atoms with van der Waals surface area (Å²) < 4.78 is 0. The minimum Gasteiger partial charge on any atom is -0.390 e. The lowest BCUT2D eigenvalue weighted by Crippen LogP contribution is -2.24. The molecule has 4 heteroatoms. The van der Waals surface area contributed by atoms with Gasteiger partial charge >= 0.3 is 0 Å². The molecule has 1 aromatic heterocycles. The molecule has 0 aliphatic rings. The van der Waals surface area contributed by atoms with Gasteiger partial charge in [0.15, 0.2) is 0 Å². The molecule has 0 bridgehead atoms. The Labute approximate surface area is 113 Å². The van der Waals surface area contributed by atoms with Crippen LogP contribution in [0.25, 0.3) is 0 Å². The van der Waals surface area contributed by atoms with Crippen LogP contribution in [0, 0.1) is 0 Å². The van der Waals surface area contributed by atoms with E-state index in [1.165, 1.54) is 0 Å². The van der Waals surface area contributed by atoms with Crippen molar-refractivity contribution < 1.29 is 10.2 Å². The van der Waals surface area contributed by atoms with Gasteiger partial charge in [0.2, 0.25) is 0 Å². The van der Waals surface area contributed by atoms with Gasteiger partial charge in [0.05, 0.1) is 18.4 Å². The molecule has 0 aliphatic carbocycles. The third-order valence-electron chi connectivity index (χ3n) is 3.03. The van der Waals surface area contributed by atoms with Crippen LogP contribution in [-0.4, -0.2) is 28.8 Å². The molecule has 1 atom stereocenters. The SMILES string of the molecule is CN(C[C@H](O)c1ccccc1)c1ccnc(CO)c1. The summed E-state index contributed by atoms with van der Waals surface area (Å²) in [5, 5.41) is 19.2. The molecule has 4 nitrogen and oxygen atoms in total. The molecule has 2 N–H and O–H groups in total. The number of aliphatic hydroxyl groups excluding tert-OH is 2.